The number of nitrogens with zero attached hydrogens (tertiary/aromatic N) is 1. The van der Waals surface area contributed by atoms with E-state index >= 15 is 0 Å². The highest BCUT2D eigenvalue weighted by molar-refractivity contribution is 5.76. The maximum atomic E-state index is 12.7. The maximum Gasteiger partial charge on any atom is 0.406 e. The summed E-state index contributed by atoms with van der Waals surface area (Å²) >= 11 is 0. The van der Waals surface area contributed by atoms with Gasteiger partial charge < -0.3 is 15.0 Å². The molecular formula is C17H23F3N2O2. The fourth-order valence-electron chi connectivity index (χ4n) is 2.69. The van der Waals surface area contributed by atoms with E-state index in [1.54, 1.807) is 30.3 Å². The minimum atomic E-state index is -4.42. The number of piperidine rings is 1. The summed E-state index contributed by atoms with van der Waals surface area (Å²) in [6.45, 7) is 0.604. The lowest BCUT2D eigenvalue weighted by Crippen LogP contribution is -2.39. The fourth-order valence-corrected chi connectivity index (χ4v) is 2.69. The number of hydrogen-bond donors (Lipinski definition) is 1. The lowest BCUT2D eigenvalue weighted by Gasteiger charge is -2.26. The predicted octanol–water partition coefficient (Wildman–Crippen LogP) is 2.74. The normalized spacial score (nSPS) is 16.1. The topological polar surface area (TPSA) is 41.6 Å². The quantitative estimate of drug-likeness (QED) is 0.827. The molecule has 4 nitrogen and oxygen atoms in total. The molecule has 24 heavy (non-hydrogen) atoms. The first-order chi connectivity index (χ1) is 11.4. The molecule has 7 heteroatoms. The van der Waals surface area contributed by atoms with Crippen molar-refractivity contribution >= 4 is 5.91 Å². The lowest BCUT2D eigenvalue weighted by atomic mass is 10.1. The van der Waals surface area contributed by atoms with Gasteiger partial charge in [0.05, 0.1) is 19.1 Å². The van der Waals surface area contributed by atoms with E-state index in [1.165, 1.54) is 0 Å². The smallest absolute Gasteiger partial charge is 0.378 e. The van der Waals surface area contributed by atoms with Gasteiger partial charge >= 0.3 is 6.18 Å². The Morgan fingerprint density at radius 2 is 1.88 bits per heavy atom. The van der Waals surface area contributed by atoms with Gasteiger partial charge in [0.15, 0.2) is 0 Å². The van der Waals surface area contributed by atoms with Crippen LogP contribution in [-0.4, -0.2) is 49.3 Å². The monoisotopic (exact) mass is 344 g/mol. The van der Waals surface area contributed by atoms with Crippen molar-refractivity contribution in [2.45, 2.75) is 38.1 Å². The minimum absolute atomic E-state index is 0.0349. The zero-order valence-electron chi connectivity index (χ0n) is 13.5. The lowest BCUT2D eigenvalue weighted by molar-refractivity contribution is -0.163. The molecule has 0 aliphatic carbocycles. The molecule has 1 aromatic rings. The second-order valence-corrected chi connectivity index (χ2v) is 5.92. The van der Waals surface area contributed by atoms with Crippen LogP contribution in [0.2, 0.25) is 0 Å². The van der Waals surface area contributed by atoms with Crippen LogP contribution >= 0.6 is 0 Å². The maximum absolute atomic E-state index is 12.7. The van der Waals surface area contributed by atoms with Crippen LogP contribution in [-0.2, 0) is 16.1 Å². The van der Waals surface area contributed by atoms with Crippen molar-refractivity contribution < 1.29 is 22.7 Å². The van der Waals surface area contributed by atoms with Crippen molar-refractivity contribution in [1.29, 1.82) is 0 Å². The highest BCUT2D eigenvalue weighted by atomic mass is 19.4. The van der Waals surface area contributed by atoms with Gasteiger partial charge in [-0.3, -0.25) is 4.79 Å². The van der Waals surface area contributed by atoms with Gasteiger partial charge in [0.1, 0.15) is 6.54 Å². The van der Waals surface area contributed by atoms with E-state index in [-0.39, 0.29) is 25.7 Å². The number of ether oxygens (including phenoxy) is 1. The average molecular weight is 344 g/mol. The van der Waals surface area contributed by atoms with Crippen molar-refractivity contribution in [3.8, 4) is 0 Å². The Balaban J connectivity index is 1.86. The first-order valence-electron chi connectivity index (χ1n) is 8.15. The van der Waals surface area contributed by atoms with E-state index in [0.29, 0.717) is 5.56 Å². The van der Waals surface area contributed by atoms with Crippen molar-refractivity contribution in [2.75, 3.05) is 26.2 Å². The SMILES string of the molecule is O=C(CCOC1CCNCC1)N(Cc1ccccc1)CC(F)(F)F. The Kier molecular flexibility index (Phi) is 7.05. The van der Waals surface area contributed by atoms with Gasteiger partial charge in [-0.1, -0.05) is 30.3 Å². The zero-order valence-corrected chi connectivity index (χ0v) is 13.5. The molecule has 1 aliphatic heterocycles. The predicted molar refractivity (Wildman–Crippen MR) is 84.4 cm³/mol. The Hall–Kier alpha value is -1.60. The van der Waals surface area contributed by atoms with Crippen molar-refractivity contribution in [2.24, 2.45) is 0 Å². The van der Waals surface area contributed by atoms with Crippen LogP contribution in [0.15, 0.2) is 30.3 Å². The molecule has 1 saturated heterocycles. The number of benzene rings is 1. The number of nitrogens with one attached hydrogen (secondary N) is 1. The Morgan fingerprint density at radius 3 is 2.50 bits per heavy atom. The fraction of sp³-hybridized carbons (Fsp3) is 0.588. The second kappa shape index (κ2) is 9.03. The van der Waals surface area contributed by atoms with Crippen LogP contribution < -0.4 is 5.32 Å². The summed E-state index contributed by atoms with van der Waals surface area (Å²) in [4.78, 5) is 13.0. The first-order valence-corrected chi connectivity index (χ1v) is 8.15. The van der Waals surface area contributed by atoms with E-state index in [9.17, 15) is 18.0 Å². The van der Waals surface area contributed by atoms with Crippen LogP contribution in [0, 0.1) is 0 Å². The molecule has 1 aromatic carbocycles. The summed E-state index contributed by atoms with van der Waals surface area (Å²) in [7, 11) is 0. The van der Waals surface area contributed by atoms with Gasteiger partial charge in [-0.05, 0) is 31.5 Å². The molecule has 134 valence electrons. The highest BCUT2D eigenvalue weighted by Crippen LogP contribution is 2.19. The third-order valence-corrected chi connectivity index (χ3v) is 3.89. The Bertz CT molecular complexity index is 502. The molecule has 2 rings (SSSR count). The third-order valence-electron chi connectivity index (χ3n) is 3.89. The molecule has 0 bridgehead atoms. The third kappa shape index (κ3) is 6.88. The van der Waals surface area contributed by atoms with Gasteiger partial charge in [0.2, 0.25) is 5.91 Å². The number of hydrogen-bond acceptors (Lipinski definition) is 3. The summed E-state index contributed by atoms with van der Waals surface area (Å²) < 4.78 is 43.9. The van der Waals surface area contributed by atoms with Crippen LogP contribution in [0.1, 0.15) is 24.8 Å². The van der Waals surface area contributed by atoms with Gasteiger partial charge in [-0.2, -0.15) is 13.2 Å². The minimum Gasteiger partial charge on any atom is -0.378 e. The molecule has 1 heterocycles. The molecule has 1 amide bonds. The number of carbonyl (C=O) groups excluding carboxylic acids is 1. The van der Waals surface area contributed by atoms with E-state index in [4.69, 9.17) is 4.74 Å². The molecule has 0 atom stereocenters. The molecular weight excluding hydrogens is 321 g/mol. The van der Waals surface area contributed by atoms with Gasteiger partial charge in [-0.15, -0.1) is 0 Å². The molecule has 1 N–H and O–H groups in total. The standard InChI is InChI=1S/C17H23F3N2O2/c18-17(19,20)13-22(12-14-4-2-1-3-5-14)16(23)8-11-24-15-6-9-21-10-7-15/h1-5,15,21H,6-13H2. The van der Waals surface area contributed by atoms with Crippen LogP contribution in [0.5, 0.6) is 0 Å². The summed E-state index contributed by atoms with van der Waals surface area (Å²) in [5.41, 5.74) is 0.675. The van der Waals surface area contributed by atoms with E-state index in [0.717, 1.165) is 30.8 Å². The molecule has 1 fully saturated rings. The van der Waals surface area contributed by atoms with Crippen LogP contribution in [0.4, 0.5) is 13.2 Å². The van der Waals surface area contributed by atoms with E-state index in [1.807, 2.05) is 0 Å². The summed E-state index contributed by atoms with van der Waals surface area (Å²) in [5.74, 6) is -0.537. The number of alkyl halides is 3. The second-order valence-electron chi connectivity index (χ2n) is 5.92. The molecule has 0 saturated carbocycles. The van der Waals surface area contributed by atoms with Crippen LogP contribution in [0.3, 0.4) is 0 Å². The largest absolute Gasteiger partial charge is 0.406 e. The average Bonchev–Trinajstić information content (AvgIpc) is 2.55. The van der Waals surface area contributed by atoms with Gasteiger partial charge in [0.25, 0.3) is 0 Å². The van der Waals surface area contributed by atoms with E-state index < -0.39 is 18.6 Å². The Labute approximate surface area is 140 Å². The summed E-state index contributed by atoms with van der Waals surface area (Å²) in [6.07, 6.45) is -2.63. The Morgan fingerprint density at radius 1 is 1.21 bits per heavy atom. The molecule has 1 aliphatic rings. The highest BCUT2D eigenvalue weighted by Gasteiger charge is 2.33. The van der Waals surface area contributed by atoms with E-state index in [2.05, 4.69) is 5.32 Å². The van der Waals surface area contributed by atoms with Gasteiger partial charge in [0, 0.05) is 6.54 Å². The number of rotatable bonds is 7. The number of amides is 1. The number of carbonyl (C=O) groups is 1. The van der Waals surface area contributed by atoms with Crippen molar-refractivity contribution in [3.05, 3.63) is 35.9 Å². The molecule has 0 spiro atoms. The molecule has 0 unspecified atom stereocenters. The molecule has 0 radical (unpaired) electrons. The molecule has 0 aromatic heterocycles. The van der Waals surface area contributed by atoms with Crippen molar-refractivity contribution in [1.82, 2.24) is 10.2 Å². The number of halogens is 3. The van der Waals surface area contributed by atoms with Crippen molar-refractivity contribution in [3.63, 3.8) is 0 Å². The zero-order chi connectivity index (χ0) is 17.4. The summed E-state index contributed by atoms with van der Waals surface area (Å²) in [5, 5.41) is 3.21. The van der Waals surface area contributed by atoms with Gasteiger partial charge in [-0.25, -0.2) is 0 Å². The van der Waals surface area contributed by atoms with Crippen LogP contribution in [0.25, 0.3) is 0 Å². The summed E-state index contributed by atoms with van der Waals surface area (Å²) in [6, 6.07) is 8.69. The first kappa shape index (κ1) is 18.7.